The summed E-state index contributed by atoms with van der Waals surface area (Å²) in [6.07, 6.45) is 1.60. The fourth-order valence-corrected chi connectivity index (χ4v) is 3.04. The molecule has 0 aliphatic heterocycles. The topological polar surface area (TPSA) is 46.1 Å². The van der Waals surface area contributed by atoms with E-state index in [2.05, 4.69) is 25.9 Å². The monoisotopic (exact) mass is 347 g/mol. The van der Waals surface area contributed by atoms with E-state index in [1.807, 2.05) is 24.3 Å². The Morgan fingerprint density at radius 1 is 1.30 bits per heavy atom. The lowest BCUT2D eigenvalue weighted by Crippen LogP contribution is -2.26. The molecule has 100 valence electrons. The molecule has 0 spiro atoms. The summed E-state index contributed by atoms with van der Waals surface area (Å²) in [6, 6.07) is 11.3. The molecule has 2 aromatic heterocycles. The van der Waals surface area contributed by atoms with Gasteiger partial charge in [-0.3, -0.25) is 14.7 Å². The number of hydrogen-bond donors (Lipinski definition) is 0. The number of thiazole rings is 1. The SMILES string of the molecule is CN(C(=O)c1cc(Br)ccn1)c1nc2ccccc2s1. The zero-order chi connectivity index (χ0) is 14.1. The van der Waals surface area contributed by atoms with Gasteiger partial charge < -0.3 is 0 Å². The Hall–Kier alpha value is -1.79. The predicted octanol–water partition coefficient (Wildman–Crippen LogP) is 3.73. The van der Waals surface area contributed by atoms with Crippen LogP contribution in [0.2, 0.25) is 0 Å². The lowest BCUT2D eigenvalue weighted by Gasteiger charge is -2.12. The maximum absolute atomic E-state index is 12.4. The van der Waals surface area contributed by atoms with E-state index in [0.717, 1.165) is 14.7 Å². The molecule has 4 nitrogen and oxygen atoms in total. The summed E-state index contributed by atoms with van der Waals surface area (Å²) < 4.78 is 1.89. The molecule has 0 bridgehead atoms. The van der Waals surface area contributed by atoms with Crippen LogP contribution in [0.1, 0.15) is 10.5 Å². The molecule has 2 heterocycles. The van der Waals surface area contributed by atoms with Crippen LogP contribution in [0, 0.1) is 0 Å². The predicted molar refractivity (Wildman–Crippen MR) is 84.3 cm³/mol. The van der Waals surface area contributed by atoms with Crippen LogP contribution < -0.4 is 4.90 Å². The van der Waals surface area contributed by atoms with Gasteiger partial charge in [-0.1, -0.05) is 39.4 Å². The molecular weight excluding hydrogens is 338 g/mol. The van der Waals surface area contributed by atoms with Crippen molar-refractivity contribution in [2.24, 2.45) is 0 Å². The number of aromatic nitrogens is 2. The lowest BCUT2D eigenvalue weighted by molar-refractivity contribution is 0.0988. The summed E-state index contributed by atoms with van der Waals surface area (Å²) in [4.78, 5) is 22.5. The zero-order valence-corrected chi connectivity index (χ0v) is 13.0. The molecule has 1 aromatic carbocycles. The number of anilines is 1. The van der Waals surface area contributed by atoms with Gasteiger partial charge in [0.1, 0.15) is 5.69 Å². The summed E-state index contributed by atoms with van der Waals surface area (Å²) in [5, 5.41) is 0.665. The fourth-order valence-electron chi connectivity index (χ4n) is 1.78. The second-order valence-electron chi connectivity index (χ2n) is 4.19. The lowest BCUT2D eigenvalue weighted by atomic mass is 10.3. The van der Waals surface area contributed by atoms with Crippen molar-refractivity contribution in [1.82, 2.24) is 9.97 Å². The second-order valence-corrected chi connectivity index (χ2v) is 6.11. The summed E-state index contributed by atoms with van der Waals surface area (Å²) >= 11 is 4.83. The van der Waals surface area contributed by atoms with Gasteiger partial charge in [-0.2, -0.15) is 0 Å². The van der Waals surface area contributed by atoms with Gasteiger partial charge in [0.25, 0.3) is 5.91 Å². The van der Waals surface area contributed by atoms with Crippen molar-refractivity contribution >= 4 is 48.5 Å². The number of para-hydroxylation sites is 1. The summed E-state index contributed by atoms with van der Waals surface area (Å²) in [5.74, 6) is -0.176. The van der Waals surface area contributed by atoms with Crippen molar-refractivity contribution in [1.29, 1.82) is 0 Å². The maximum Gasteiger partial charge on any atom is 0.278 e. The van der Waals surface area contributed by atoms with Crippen molar-refractivity contribution in [2.75, 3.05) is 11.9 Å². The number of pyridine rings is 1. The van der Waals surface area contributed by atoms with Crippen LogP contribution in [-0.4, -0.2) is 22.9 Å². The van der Waals surface area contributed by atoms with E-state index in [1.54, 1.807) is 25.4 Å². The molecule has 0 radical (unpaired) electrons. The first-order valence-corrected chi connectivity index (χ1v) is 7.51. The van der Waals surface area contributed by atoms with Gasteiger partial charge in [0.15, 0.2) is 5.13 Å². The van der Waals surface area contributed by atoms with Gasteiger partial charge in [0, 0.05) is 17.7 Å². The number of benzene rings is 1. The highest BCUT2D eigenvalue weighted by molar-refractivity contribution is 9.10. The molecular formula is C14H10BrN3OS. The smallest absolute Gasteiger partial charge is 0.278 e. The van der Waals surface area contributed by atoms with Crippen LogP contribution in [-0.2, 0) is 0 Å². The number of rotatable bonds is 2. The van der Waals surface area contributed by atoms with E-state index in [-0.39, 0.29) is 5.91 Å². The average molecular weight is 348 g/mol. The average Bonchev–Trinajstić information content (AvgIpc) is 2.89. The first kappa shape index (κ1) is 13.2. The Morgan fingerprint density at radius 2 is 2.10 bits per heavy atom. The zero-order valence-electron chi connectivity index (χ0n) is 10.6. The molecule has 1 amide bonds. The molecule has 3 rings (SSSR count). The van der Waals surface area contributed by atoms with E-state index in [1.165, 1.54) is 16.2 Å². The summed E-state index contributed by atoms with van der Waals surface area (Å²) in [7, 11) is 1.71. The highest BCUT2D eigenvalue weighted by Crippen LogP contribution is 2.28. The van der Waals surface area contributed by atoms with Gasteiger partial charge in [-0.05, 0) is 24.3 Å². The molecule has 20 heavy (non-hydrogen) atoms. The number of fused-ring (bicyclic) bond motifs is 1. The number of carbonyl (C=O) groups is 1. The van der Waals surface area contributed by atoms with E-state index >= 15 is 0 Å². The van der Waals surface area contributed by atoms with E-state index in [4.69, 9.17) is 0 Å². The Labute approximate surface area is 128 Å². The molecule has 0 fully saturated rings. The number of hydrogen-bond acceptors (Lipinski definition) is 4. The Bertz CT molecular complexity index is 754. The van der Waals surface area contributed by atoms with Crippen LogP contribution >= 0.6 is 27.3 Å². The number of halogens is 1. The largest absolute Gasteiger partial charge is 0.286 e. The standard InChI is InChI=1S/C14H10BrN3OS/c1-18(13(19)11-8-9(15)6-7-16-11)14-17-10-4-2-3-5-12(10)20-14/h2-8H,1H3. The normalized spacial score (nSPS) is 10.7. The van der Waals surface area contributed by atoms with Crippen molar-refractivity contribution < 1.29 is 4.79 Å². The van der Waals surface area contributed by atoms with E-state index < -0.39 is 0 Å². The molecule has 0 saturated heterocycles. The summed E-state index contributed by atoms with van der Waals surface area (Å²) in [5.41, 5.74) is 1.29. The molecule has 0 saturated carbocycles. The van der Waals surface area contributed by atoms with E-state index in [9.17, 15) is 4.79 Å². The van der Waals surface area contributed by atoms with Gasteiger partial charge in [0.05, 0.1) is 10.2 Å². The van der Waals surface area contributed by atoms with E-state index in [0.29, 0.717) is 10.8 Å². The van der Waals surface area contributed by atoms with Crippen molar-refractivity contribution in [3.63, 3.8) is 0 Å². The fraction of sp³-hybridized carbons (Fsp3) is 0.0714. The third kappa shape index (κ3) is 2.44. The van der Waals surface area contributed by atoms with Crippen LogP contribution in [0.5, 0.6) is 0 Å². The van der Waals surface area contributed by atoms with Crippen LogP contribution in [0.3, 0.4) is 0 Å². The molecule has 0 N–H and O–H groups in total. The third-order valence-electron chi connectivity index (χ3n) is 2.82. The first-order chi connectivity index (χ1) is 9.65. The van der Waals surface area contributed by atoms with Crippen LogP contribution in [0.4, 0.5) is 5.13 Å². The Kier molecular flexibility index (Phi) is 3.50. The minimum Gasteiger partial charge on any atom is -0.286 e. The molecule has 0 atom stereocenters. The molecule has 0 aliphatic rings. The van der Waals surface area contributed by atoms with Gasteiger partial charge in [-0.25, -0.2) is 4.98 Å². The molecule has 0 aliphatic carbocycles. The molecule has 0 unspecified atom stereocenters. The minimum atomic E-state index is -0.176. The number of amides is 1. The number of carbonyl (C=O) groups excluding carboxylic acids is 1. The third-order valence-corrected chi connectivity index (χ3v) is 4.42. The van der Waals surface area contributed by atoms with Crippen LogP contribution in [0.15, 0.2) is 47.1 Å². The Morgan fingerprint density at radius 3 is 2.85 bits per heavy atom. The Balaban J connectivity index is 1.95. The maximum atomic E-state index is 12.4. The summed E-state index contributed by atoms with van der Waals surface area (Å²) in [6.45, 7) is 0. The second kappa shape index (κ2) is 5.30. The van der Waals surface area contributed by atoms with Gasteiger partial charge >= 0.3 is 0 Å². The molecule has 3 aromatic rings. The quantitative estimate of drug-likeness (QED) is 0.709. The highest BCUT2D eigenvalue weighted by Gasteiger charge is 2.18. The van der Waals surface area contributed by atoms with Crippen LogP contribution in [0.25, 0.3) is 10.2 Å². The highest BCUT2D eigenvalue weighted by atomic mass is 79.9. The van der Waals surface area contributed by atoms with Crippen molar-refractivity contribution in [3.8, 4) is 0 Å². The number of nitrogens with zero attached hydrogens (tertiary/aromatic N) is 3. The minimum absolute atomic E-state index is 0.176. The first-order valence-electron chi connectivity index (χ1n) is 5.90. The van der Waals surface area contributed by atoms with Gasteiger partial charge in [-0.15, -0.1) is 0 Å². The van der Waals surface area contributed by atoms with Crippen molar-refractivity contribution in [2.45, 2.75) is 0 Å². The van der Waals surface area contributed by atoms with Crippen molar-refractivity contribution in [3.05, 3.63) is 52.8 Å². The molecule has 6 heteroatoms. The van der Waals surface area contributed by atoms with Gasteiger partial charge in [0.2, 0.25) is 0 Å².